The Bertz CT molecular complexity index is 1220. The summed E-state index contributed by atoms with van der Waals surface area (Å²) >= 11 is 1.63. The number of hydrogen-bond acceptors (Lipinski definition) is 6. The number of carbonyl (C=O) groups is 1. The summed E-state index contributed by atoms with van der Waals surface area (Å²) in [7, 11) is 0. The number of benzene rings is 3. The maximum atomic E-state index is 13.3. The zero-order chi connectivity index (χ0) is 23.7. The molecule has 1 amide bonds. The maximum Gasteiger partial charge on any atom is 0.235 e. The van der Waals surface area contributed by atoms with Gasteiger partial charge in [0.25, 0.3) is 0 Å². The summed E-state index contributed by atoms with van der Waals surface area (Å²) in [5, 5.41) is 3.15. The molecule has 2 N–H and O–H groups in total. The Balaban J connectivity index is 1.10. The summed E-state index contributed by atoms with van der Waals surface area (Å²) in [6.07, 6.45) is 4.29. The molecule has 2 aliphatic heterocycles. The van der Waals surface area contributed by atoms with Crippen LogP contribution in [0, 0.1) is 0 Å². The Morgan fingerprint density at radius 1 is 0.971 bits per heavy atom. The fourth-order valence-corrected chi connectivity index (χ4v) is 5.44. The van der Waals surface area contributed by atoms with E-state index in [0.717, 1.165) is 71.9 Å². The second-order valence-electron chi connectivity index (χ2n) is 9.30. The van der Waals surface area contributed by atoms with Gasteiger partial charge in [0.15, 0.2) is 11.5 Å². The molecule has 0 spiro atoms. The summed E-state index contributed by atoms with van der Waals surface area (Å²) in [5.41, 5.74) is 3.47. The molecule has 2 fully saturated rings. The van der Waals surface area contributed by atoms with Gasteiger partial charge in [-0.3, -0.25) is 9.52 Å². The molecule has 6 nitrogen and oxygen atoms in total. The third-order valence-electron chi connectivity index (χ3n) is 6.94. The largest absolute Gasteiger partial charge is 0.454 e. The molecule has 180 valence electrons. The molecule has 0 aromatic heterocycles. The molecular formula is C28H28N2O4S. The first-order chi connectivity index (χ1) is 17.2. The van der Waals surface area contributed by atoms with Gasteiger partial charge in [-0.1, -0.05) is 30.3 Å². The van der Waals surface area contributed by atoms with Gasteiger partial charge in [-0.2, -0.15) is 0 Å². The van der Waals surface area contributed by atoms with Crippen LogP contribution in [0.5, 0.6) is 11.5 Å². The van der Waals surface area contributed by atoms with Gasteiger partial charge in [-0.25, -0.2) is 0 Å². The average Bonchev–Trinajstić information content (AvgIpc) is 3.29. The van der Waals surface area contributed by atoms with E-state index in [9.17, 15) is 4.79 Å². The summed E-state index contributed by atoms with van der Waals surface area (Å²) in [6, 6.07) is 22.3. The number of anilines is 1. The quantitative estimate of drug-likeness (QED) is 0.407. The number of amides is 1. The van der Waals surface area contributed by atoms with Crippen LogP contribution in [0.2, 0.25) is 0 Å². The van der Waals surface area contributed by atoms with Crippen molar-refractivity contribution in [3.63, 3.8) is 0 Å². The van der Waals surface area contributed by atoms with Crippen molar-refractivity contribution < 1.29 is 19.0 Å². The first-order valence-electron chi connectivity index (χ1n) is 12.1. The van der Waals surface area contributed by atoms with Gasteiger partial charge in [0.1, 0.15) is 0 Å². The predicted octanol–water partition coefficient (Wildman–Crippen LogP) is 5.53. The van der Waals surface area contributed by atoms with Gasteiger partial charge in [-0.15, -0.1) is 0 Å². The second-order valence-corrected chi connectivity index (χ2v) is 10.3. The second kappa shape index (κ2) is 9.57. The molecule has 3 aromatic carbocycles. The lowest BCUT2D eigenvalue weighted by Crippen LogP contribution is -2.27. The smallest absolute Gasteiger partial charge is 0.235 e. The highest BCUT2D eigenvalue weighted by molar-refractivity contribution is 7.97. The van der Waals surface area contributed by atoms with Crippen LogP contribution >= 0.6 is 11.9 Å². The van der Waals surface area contributed by atoms with Crippen molar-refractivity contribution in [2.45, 2.75) is 42.1 Å². The molecule has 0 radical (unpaired) electrons. The van der Waals surface area contributed by atoms with E-state index in [-0.39, 0.29) is 12.7 Å². The monoisotopic (exact) mass is 488 g/mol. The fourth-order valence-electron chi connectivity index (χ4n) is 4.73. The summed E-state index contributed by atoms with van der Waals surface area (Å²) < 4.78 is 20.0. The first-order valence-corrected chi connectivity index (χ1v) is 12.9. The minimum absolute atomic E-state index is 0.0255. The van der Waals surface area contributed by atoms with Gasteiger partial charge in [0, 0.05) is 23.7 Å². The normalized spacial score (nSPS) is 19.5. The van der Waals surface area contributed by atoms with Gasteiger partial charge >= 0.3 is 0 Å². The molecule has 1 saturated carbocycles. The SMILES string of the molecule is O=C(Nc1cccc(-c2ccc(SNCC3CCCO3)cc2)c1)C1(c2ccc3c(c2)OCO3)CC1. The van der Waals surface area contributed by atoms with Gasteiger partial charge in [0.05, 0.1) is 11.5 Å². The van der Waals surface area contributed by atoms with Crippen LogP contribution in [0.3, 0.4) is 0 Å². The molecule has 0 bridgehead atoms. The molecule has 6 rings (SSSR count). The Kier molecular flexibility index (Phi) is 6.14. The number of fused-ring (bicyclic) bond motifs is 1. The van der Waals surface area contributed by atoms with Crippen molar-refractivity contribution in [1.29, 1.82) is 0 Å². The van der Waals surface area contributed by atoms with Crippen molar-refractivity contribution in [3.05, 3.63) is 72.3 Å². The van der Waals surface area contributed by atoms with Crippen molar-refractivity contribution in [2.75, 3.05) is 25.3 Å². The minimum Gasteiger partial charge on any atom is -0.454 e. The number of rotatable bonds is 8. The van der Waals surface area contributed by atoms with Gasteiger partial charge in [0.2, 0.25) is 12.7 Å². The zero-order valence-electron chi connectivity index (χ0n) is 19.4. The van der Waals surface area contributed by atoms with Crippen LogP contribution in [0.1, 0.15) is 31.2 Å². The Labute approximate surface area is 209 Å². The molecule has 1 atom stereocenters. The van der Waals surface area contributed by atoms with E-state index in [4.69, 9.17) is 14.2 Å². The predicted molar refractivity (Wildman–Crippen MR) is 137 cm³/mol. The van der Waals surface area contributed by atoms with Crippen molar-refractivity contribution >= 4 is 23.5 Å². The summed E-state index contributed by atoms with van der Waals surface area (Å²) in [5.74, 6) is 1.48. The summed E-state index contributed by atoms with van der Waals surface area (Å²) in [6.45, 7) is 1.98. The van der Waals surface area contributed by atoms with Crippen LogP contribution in [-0.2, 0) is 14.9 Å². The third-order valence-corrected chi connectivity index (χ3v) is 7.76. The highest BCUT2D eigenvalue weighted by Gasteiger charge is 2.51. The molecule has 2 heterocycles. The summed E-state index contributed by atoms with van der Waals surface area (Å²) in [4.78, 5) is 14.4. The van der Waals surface area contributed by atoms with E-state index in [1.54, 1.807) is 11.9 Å². The van der Waals surface area contributed by atoms with E-state index in [0.29, 0.717) is 11.9 Å². The maximum absolute atomic E-state index is 13.3. The highest BCUT2D eigenvalue weighted by Crippen LogP contribution is 2.51. The molecule has 35 heavy (non-hydrogen) atoms. The number of hydrogen-bond donors (Lipinski definition) is 2. The Morgan fingerprint density at radius 3 is 2.63 bits per heavy atom. The van der Waals surface area contributed by atoms with E-state index >= 15 is 0 Å². The van der Waals surface area contributed by atoms with E-state index < -0.39 is 5.41 Å². The van der Waals surface area contributed by atoms with Crippen molar-refractivity contribution in [2.24, 2.45) is 0 Å². The molecule has 1 unspecified atom stereocenters. The van der Waals surface area contributed by atoms with Crippen LogP contribution in [0.15, 0.2) is 71.6 Å². The lowest BCUT2D eigenvalue weighted by atomic mass is 9.94. The first kappa shape index (κ1) is 22.5. The van der Waals surface area contributed by atoms with Gasteiger partial charge < -0.3 is 19.5 Å². The average molecular weight is 489 g/mol. The third kappa shape index (κ3) is 4.76. The van der Waals surface area contributed by atoms with Crippen LogP contribution in [0.25, 0.3) is 11.1 Å². The minimum atomic E-state index is -0.494. The van der Waals surface area contributed by atoms with Gasteiger partial charge in [-0.05, 0) is 90.7 Å². The molecule has 1 saturated heterocycles. The van der Waals surface area contributed by atoms with E-state index in [2.05, 4.69) is 40.4 Å². The van der Waals surface area contributed by atoms with Crippen LogP contribution in [0.4, 0.5) is 5.69 Å². The van der Waals surface area contributed by atoms with Crippen LogP contribution < -0.4 is 19.5 Å². The molecule has 7 heteroatoms. The number of carbonyl (C=O) groups excluding carboxylic acids is 1. The fraction of sp³-hybridized carbons (Fsp3) is 0.321. The Morgan fingerprint density at radius 2 is 1.83 bits per heavy atom. The number of nitrogens with one attached hydrogen (secondary N) is 2. The van der Waals surface area contributed by atoms with E-state index in [1.165, 1.54) is 0 Å². The van der Waals surface area contributed by atoms with E-state index in [1.807, 2.05) is 36.4 Å². The van der Waals surface area contributed by atoms with Crippen molar-refractivity contribution in [3.8, 4) is 22.6 Å². The number of ether oxygens (including phenoxy) is 3. The molecular weight excluding hydrogens is 460 g/mol. The Hall–Kier alpha value is -3.00. The topological polar surface area (TPSA) is 68.8 Å². The lowest BCUT2D eigenvalue weighted by molar-refractivity contribution is -0.118. The molecule has 3 aromatic rings. The zero-order valence-corrected chi connectivity index (χ0v) is 20.2. The molecule has 3 aliphatic rings. The van der Waals surface area contributed by atoms with Crippen molar-refractivity contribution in [1.82, 2.24) is 4.72 Å². The molecule has 1 aliphatic carbocycles. The van der Waals surface area contributed by atoms with Crippen LogP contribution in [-0.4, -0.2) is 32.0 Å². The lowest BCUT2D eigenvalue weighted by Gasteiger charge is -2.17. The highest BCUT2D eigenvalue weighted by atomic mass is 32.2. The standard InChI is InChI=1S/C28H28N2O4S/c31-27(28(12-13-28)21-8-11-25-26(16-21)34-18-33-25)30-22-4-1-3-20(15-22)19-6-9-24(10-7-19)35-29-17-23-5-2-14-32-23/h1,3-4,6-11,15-16,23,29H,2,5,12-14,17-18H2,(H,30,31).